The van der Waals surface area contributed by atoms with Crippen molar-refractivity contribution in [2.45, 2.75) is 32.2 Å². The first-order valence-electron chi connectivity index (χ1n) is 9.09. The highest BCUT2D eigenvalue weighted by Gasteiger charge is 2.22. The first-order chi connectivity index (χ1) is 12.7. The van der Waals surface area contributed by atoms with E-state index in [1.165, 1.54) is 24.2 Å². The molecule has 0 radical (unpaired) electrons. The van der Waals surface area contributed by atoms with E-state index in [-0.39, 0.29) is 0 Å². The fourth-order valence-electron chi connectivity index (χ4n) is 3.54. The van der Waals surface area contributed by atoms with Gasteiger partial charge in [0.1, 0.15) is 5.82 Å². The molecule has 0 unspecified atom stereocenters. The summed E-state index contributed by atoms with van der Waals surface area (Å²) in [7, 11) is 0. The van der Waals surface area contributed by atoms with Crippen LogP contribution in [-0.2, 0) is 13.0 Å². The smallest absolute Gasteiger partial charge is 0.320 e. The number of rotatable bonds is 3. The van der Waals surface area contributed by atoms with Crippen LogP contribution in [0.1, 0.15) is 30.4 Å². The molecule has 4 heterocycles. The normalized spacial score (nSPS) is 17.8. The average Bonchev–Trinajstić information content (AvgIpc) is 2.68. The van der Waals surface area contributed by atoms with Gasteiger partial charge in [-0.05, 0) is 48.9 Å². The van der Waals surface area contributed by atoms with Crippen molar-refractivity contribution in [1.82, 2.24) is 14.3 Å². The molecule has 0 bridgehead atoms. The molecule has 0 spiro atoms. The molecule has 2 aliphatic rings. The summed E-state index contributed by atoms with van der Waals surface area (Å²) in [4.78, 5) is 22.1. The number of amides is 2. The molecule has 136 valence electrons. The summed E-state index contributed by atoms with van der Waals surface area (Å²) < 4.78 is 2.42. The minimum atomic E-state index is -0.436. The fourth-order valence-corrected chi connectivity index (χ4v) is 4.63. The van der Waals surface area contributed by atoms with Crippen molar-refractivity contribution in [3.05, 3.63) is 41.9 Å². The van der Waals surface area contributed by atoms with Gasteiger partial charge in [0.15, 0.2) is 0 Å². The molecule has 4 rings (SSSR count). The van der Waals surface area contributed by atoms with Gasteiger partial charge >= 0.3 is 6.03 Å². The van der Waals surface area contributed by atoms with Gasteiger partial charge in [-0.2, -0.15) is 0 Å². The summed E-state index contributed by atoms with van der Waals surface area (Å²) in [6.07, 6.45) is 10.0. The molecule has 2 aromatic rings. The van der Waals surface area contributed by atoms with E-state index in [1.54, 1.807) is 4.90 Å². The van der Waals surface area contributed by atoms with Crippen LogP contribution in [0, 0.1) is 0 Å². The van der Waals surface area contributed by atoms with Gasteiger partial charge in [0.25, 0.3) is 0 Å². The van der Waals surface area contributed by atoms with Crippen molar-refractivity contribution in [3.63, 3.8) is 0 Å². The highest BCUT2D eigenvalue weighted by molar-refractivity contribution is 7.97. The molecule has 2 N–H and O–H groups in total. The zero-order chi connectivity index (χ0) is 17.9. The summed E-state index contributed by atoms with van der Waals surface area (Å²) in [6, 6.07) is 3.88. The number of aryl methyl sites for hydroxylation is 1. The van der Waals surface area contributed by atoms with Gasteiger partial charge < -0.3 is 5.73 Å². The van der Waals surface area contributed by atoms with Crippen LogP contribution in [0.5, 0.6) is 0 Å². The van der Waals surface area contributed by atoms with Crippen LogP contribution in [-0.4, -0.2) is 39.1 Å². The Morgan fingerprint density at radius 1 is 1.12 bits per heavy atom. The number of nitrogens with two attached hydrogens (primary N) is 1. The zero-order valence-corrected chi connectivity index (χ0v) is 15.5. The molecule has 2 amide bonds. The maximum atomic E-state index is 11.6. The number of pyridine rings is 2. The molecule has 1 saturated heterocycles. The largest absolute Gasteiger partial charge is 0.351 e. The molecule has 0 aliphatic carbocycles. The number of carbonyl (C=O) groups excluding carboxylic acids is 1. The second-order valence-electron chi connectivity index (χ2n) is 6.79. The van der Waals surface area contributed by atoms with E-state index >= 15 is 0 Å². The highest BCUT2D eigenvalue weighted by Crippen LogP contribution is 2.30. The van der Waals surface area contributed by atoms with E-state index in [1.807, 2.05) is 30.5 Å². The summed E-state index contributed by atoms with van der Waals surface area (Å²) >= 11 is 1.93. The van der Waals surface area contributed by atoms with E-state index < -0.39 is 6.03 Å². The van der Waals surface area contributed by atoms with E-state index in [0.29, 0.717) is 12.4 Å². The Balaban J connectivity index is 1.57. The van der Waals surface area contributed by atoms with Crippen LogP contribution in [0.4, 0.5) is 10.6 Å². The van der Waals surface area contributed by atoms with Gasteiger partial charge in [-0.3, -0.25) is 9.88 Å². The molecule has 0 saturated carbocycles. The third-order valence-electron chi connectivity index (χ3n) is 4.86. The molecule has 0 atom stereocenters. The third kappa shape index (κ3) is 3.68. The Labute approximate surface area is 157 Å². The molecule has 1 fully saturated rings. The topological polar surface area (TPSA) is 75.4 Å². The lowest BCUT2D eigenvalue weighted by Crippen LogP contribution is -2.40. The number of anilines is 1. The van der Waals surface area contributed by atoms with Crippen LogP contribution < -0.4 is 10.6 Å². The van der Waals surface area contributed by atoms with Crippen molar-refractivity contribution in [2.75, 3.05) is 23.7 Å². The summed E-state index contributed by atoms with van der Waals surface area (Å²) in [5, 5.41) is 0. The average molecular weight is 369 g/mol. The van der Waals surface area contributed by atoms with Gasteiger partial charge in [0, 0.05) is 55.1 Å². The molecular formula is C19H23N5OS. The number of hydrogen-bond donors (Lipinski definition) is 1. The third-order valence-corrected chi connectivity index (χ3v) is 6.00. The van der Waals surface area contributed by atoms with Crippen LogP contribution in [0.15, 0.2) is 30.7 Å². The molecule has 7 heteroatoms. The van der Waals surface area contributed by atoms with Gasteiger partial charge in [-0.15, -0.1) is 0 Å². The molecular weight excluding hydrogens is 346 g/mol. The number of carbonyl (C=O) groups is 1. The lowest BCUT2D eigenvalue weighted by molar-refractivity contribution is 0.253. The lowest BCUT2D eigenvalue weighted by atomic mass is 10.0. The minimum Gasteiger partial charge on any atom is -0.351 e. The number of urea groups is 1. The summed E-state index contributed by atoms with van der Waals surface area (Å²) in [6.45, 7) is 2.69. The van der Waals surface area contributed by atoms with Crippen molar-refractivity contribution >= 4 is 23.8 Å². The van der Waals surface area contributed by atoms with Gasteiger partial charge in [0.05, 0.1) is 0 Å². The van der Waals surface area contributed by atoms with Gasteiger partial charge in [0.2, 0.25) is 0 Å². The summed E-state index contributed by atoms with van der Waals surface area (Å²) in [5.74, 6) is 1.90. The van der Waals surface area contributed by atoms with E-state index in [2.05, 4.69) is 26.4 Å². The predicted octanol–water partition coefficient (Wildman–Crippen LogP) is 3.22. The predicted molar refractivity (Wildman–Crippen MR) is 105 cm³/mol. The second kappa shape index (κ2) is 7.63. The number of hydrogen-bond acceptors (Lipinski definition) is 5. The second-order valence-corrected chi connectivity index (χ2v) is 7.97. The molecule has 26 heavy (non-hydrogen) atoms. The molecule has 6 nitrogen and oxygen atoms in total. The van der Waals surface area contributed by atoms with Crippen molar-refractivity contribution in [2.24, 2.45) is 5.73 Å². The Kier molecular flexibility index (Phi) is 5.08. The number of primary amides is 1. The van der Waals surface area contributed by atoms with Crippen molar-refractivity contribution in [3.8, 4) is 11.1 Å². The Morgan fingerprint density at radius 3 is 2.81 bits per heavy atom. The lowest BCUT2D eigenvalue weighted by Gasteiger charge is -2.27. The molecule has 2 aliphatic heterocycles. The van der Waals surface area contributed by atoms with Crippen LogP contribution >= 0.6 is 11.9 Å². The Hall–Kier alpha value is -2.12. The number of fused-ring (bicyclic) bond motifs is 1. The monoisotopic (exact) mass is 369 g/mol. The standard InChI is InChI=1S/C19H23N5OS/c20-19(25)24-6-3-4-15-9-17(12-22-18(15)24)16-8-14(10-21-11-16)13-23-5-1-2-7-26-23/h8-12H,1-7,13H2,(H2,20,25). The van der Waals surface area contributed by atoms with E-state index in [4.69, 9.17) is 5.73 Å². The molecule has 2 aromatic heterocycles. The maximum Gasteiger partial charge on any atom is 0.320 e. The first-order valence-corrected chi connectivity index (χ1v) is 10.0. The first kappa shape index (κ1) is 17.3. The van der Waals surface area contributed by atoms with Crippen molar-refractivity contribution < 1.29 is 4.79 Å². The quantitative estimate of drug-likeness (QED) is 0.841. The van der Waals surface area contributed by atoms with Crippen molar-refractivity contribution in [1.29, 1.82) is 0 Å². The maximum absolute atomic E-state index is 11.6. The number of nitrogens with zero attached hydrogens (tertiary/aromatic N) is 4. The van der Waals surface area contributed by atoms with Gasteiger partial charge in [-0.1, -0.05) is 11.9 Å². The van der Waals surface area contributed by atoms with E-state index in [0.717, 1.165) is 42.6 Å². The minimum absolute atomic E-state index is 0.436. The molecule has 0 aromatic carbocycles. The van der Waals surface area contributed by atoms with Crippen LogP contribution in [0.25, 0.3) is 11.1 Å². The summed E-state index contributed by atoms with van der Waals surface area (Å²) in [5.41, 5.74) is 9.86. The Morgan fingerprint density at radius 2 is 2.00 bits per heavy atom. The Bertz CT molecular complexity index is 806. The SMILES string of the molecule is NC(=O)N1CCCc2cc(-c3cncc(CN4CCCCS4)c3)cnc21. The highest BCUT2D eigenvalue weighted by atomic mass is 32.2. The van der Waals surface area contributed by atoms with Gasteiger partial charge in [-0.25, -0.2) is 14.1 Å². The van der Waals surface area contributed by atoms with Crippen LogP contribution in [0.2, 0.25) is 0 Å². The van der Waals surface area contributed by atoms with E-state index in [9.17, 15) is 4.79 Å². The fraction of sp³-hybridized carbons (Fsp3) is 0.421. The number of aromatic nitrogens is 2. The zero-order valence-electron chi connectivity index (χ0n) is 14.7. The van der Waals surface area contributed by atoms with Crippen LogP contribution in [0.3, 0.4) is 0 Å².